The molecular weight excluding hydrogens is 227 g/mol. The fraction of sp³-hybridized carbons (Fsp3) is 0.125. The standard InChI is InChI=1S/C8H4F3N3O2/c9-8(10,11)5-1-3(7(15)16)4-2-12-14-6(4)13-5/h1-2H,(H,15,16)(H,12,13,14). The van der Waals surface area contributed by atoms with Crippen LogP contribution in [0.15, 0.2) is 12.3 Å². The van der Waals surface area contributed by atoms with Gasteiger partial charge in [-0.05, 0) is 6.07 Å². The van der Waals surface area contributed by atoms with E-state index >= 15 is 0 Å². The number of alkyl halides is 3. The lowest BCUT2D eigenvalue weighted by molar-refractivity contribution is -0.141. The van der Waals surface area contributed by atoms with E-state index in [1.165, 1.54) is 0 Å². The van der Waals surface area contributed by atoms with Crippen LogP contribution in [0.5, 0.6) is 0 Å². The van der Waals surface area contributed by atoms with Crippen LogP contribution in [-0.2, 0) is 6.18 Å². The van der Waals surface area contributed by atoms with E-state index in [0.717, 1.165) is 6.20 Å². The fourth-order valence-corrected chi connectivity index (χ4v) is 1.25. The highest BCUT2D eigenvalue weighted by Crippen LogP contribution is 2.30. The summed E-state index contributed by atoms with van der Waals surface area (Å²) in [6, 6.07) is 0.486. The maximum absolute atomic E-state index is 12.4. The van der Waals surface area contributed by atoms with Gasteiger partial charge < -0.3 is 5.11 Å². The molecule has 84 valence electrons. The summed E-state index contributed by atoms with van der Waals surface area (Å²) in [7, 11) is 0. The lowest BCUT2D eigenvalue weighted by Gasteiger charge is -2.06. The Bertz CT molecular complexity index is 561. The highest BCUT2D eigenvalue weighted by Gasteiger charge is 2.34. The van der Waals surface area contributed by atoms with Crippen molar-refractivity contribution in [1.29, 1.82) is 0 Å². The number of aromatic nitrogens is 3. The monoisotopic (exact) mass is 231 g/mol. The summed E-state index contributed by atoms with van der Waals surface area (Å²) in [5.74, 6) is -1.46. The van der Waals surface area contributed by atoms with E-state index in [-0.39, 0.29) is 11.0 Å². The van der Waals surface area contributed by atoms with E-state index in [1.54, 1.807) is 0 Å². The third kappa shape index (κ3) is 1.58. The Labute approximate surface area is 85.9 Å². The number of aromatic carboxylic acids is 1. The molecule has 2 N–H and O–H groups in total. The molecular formula is C8H4F3N3O2. The maximum atomic E-state index is 12.4. The van der Waals surface area contributed by atoms with E-state index in [2.05, 4.69) is 15.2 Å². The van der Waals surface area contributed by atoms with Crippen LogP contribution >= 0.6 is 0 Å². The van der Waals surface area contributed by atoms with Crippen molar-refractivity contribution in [3.8, 4) is 0 Å². The highest BCUT2D eigenvalue weighted by atomic mass is 19.4. The molecule has 8 heteroatoms. The van der Waals surface area contributed by atoms with Gasteiger partial charge in [0.2, 0.25) is 0 Å². The minimum absolute atomic E-state index is 0.0421. The Morgan fingerprint density at radius 2 is 2.12 bits per heavy atom. The predicted molar refractivity (Wildman–Crippen MR) is 45.9 cm³/mol. The van der Waals surface area contributed by atoms with Crippen molar-refractivity contribution in [2.75, 3.05) is 0 Å². The quantitative estimate of drug-likeness (QED) is 0.782. The molecule has 16 heavy (non-hydrogen) atoms. The SMILES string of the molecule is O=C(O)c1cc(C(F)(F)F)nc2[nH]ncc12. The zero-order chi connectivity index (χ0) is 11.9. The molecule has 2 aromatic heterocycles. The van der Waals surface area contributed by atoms with Gasteiger partial charge in [0, 0.05) is 0 Å². The number of aromatic amines is 1. The van der Waals surface area contributed by atoms with Crippen LogP contribution < -0.4 is 0 Å². The van der Waals surface area contributed by atoms with E-state index in [9.17, 15) is 18.0 Å². The second-order valence-electron chi connectivity index (χ2n) is 2.99. The van der Waals surface area contributed by atoms with Gasteiger partial charge in [0.15, 0.2) is 5.65 Å². The second-order valence-corrected chi connectivity index (χ2v) is 2.99. The molecule has 0 saturated heterocycles. The molecule has 0 atom stereocenters. The molecule has 2 rings (SSSR count). The smallest absolute Gasteiger partial charge is 0.433 e. The molecule has 0 amide bonds. The van der Waals surface area contributed by atoms with Crippen molar-refractivity contribution in [2.45, 2.75) is 6.18 Å². The Hall–Kier alpha value is -2.12. The van der Waals surface area contributed by atoms with Gasteiger partial charge in [-0.15, -0.1) is 0 Å². The fourth-order valence-electron chi connectivity index (χ4n) is 1.25. The van der Waals surface area contributed by atoms with Crippen molar-refractivity contribution in [1.82, 2.24) is 15.2 Å². The third-order valence-corrected chi connectivity index (χ3v) is 1.94. The number of carbonyl (C=O) groups is 1. The van der Waals surface area contributed by atoms with E-state index in [0.29, 0.717) is 6.07 Å². The molecule has 0 aliphatic carbocycles. The van der Waals surface area contributed by atoms with Crippen LogP contribution in [0.25, 0.3) is 11.0 Å². The first kappa shape index (κ1) is 10.4. The summed E-state index contributed by atoms with van der Waals surface area (Å²) in [5, 5.41) is 14.4. The Balaban J connectivity index is 2.76. The lowest BCUT2D eigenvalue weighted by atomic mass is 10.1. The number of pyridine rings is 1. The van der Waals surface area contributed by atoms with Crippen LogP contribution in [-0.4, -0.2) is 26.3 Å². The molecule has 0 radical (unpaired) electrons. The van der Waals surface area contributed by atoms with Crippen LogP contribution in [0.4, 0.5) is 13.2 Å². The molecule has 0 saturated carbocycles. The van der Waals surface area contributed by atoms with Gasteiger partial charge in [-0.2, -0.15) is 18.3 Å². The van der Waals surface area contributed by atoms with E-state index in [1.807, 2.05) is 0 Å². The molecule has 2 heterocycles. The second kappa shape index (κ2) is 3.19. The summed E-state index contributed by atoms with van der Waals surface area (Å²) in [5.41, 5.74) is -1.94. The average molecular weight is 231 g/mol. The van der Waals surface area contributed by atoms with Crippen LogP contribution in [0.1, 0.15) is 16.1 Å². The van der Waals surface area contributed by atoms with Gasteiger partial charge in [-0.1, -0.05) is 0 Å². The van der Waals surface area contributed by atoms with Gasteiger partial charge >= 0.3 is 12.1 Å². The number of carboxylic acids is 1. The van der Waals surface area contributed by atoms with Gasteiger partial charge in [-0.3, -0.25) is 5.10 Å². The molecule has 0 fully saturated rings. The van der Waals surface area contributed by atoms with Crippen molar-refractivity contribution >= 4 is 17.0 Å². The van der Waals surface area contributed by atoms with Crippen molar-refractivity contribution in [3.63, 3.8) is 0 Å². The summed E-state index contributed by atoms with van der Waals surface area (Å²) in [4.78, 5) is 14.0. The zero-order valence-corrected chi connectivity index (χ0v) is 7.54. The first-order valence-corrected chi connectivity index (χ1v) is 4.04. The summed E-state index contributed by atoms with van der Waals surface area (Å²) in [6.45, 7) is 0. The van der Waals surface area contributed by atoms with Crippen LogP contribution in [0.2, 0.25) is 0 Å². The van der Waals surface area contributed by atoms with Gasteiger partial charge in [-0.25, -0.2) is 9.78 Å². The first-order chi connectivity index (χ1) is 7.39. The normalized spacial score (nSPS) is 11.9. The van der Waals surface area contributed by atoms with Gasteiger partial charge in [0.1, 0.15) is 5.69 Å². The topological polar surface area (TPSA) is 78.9 Å². The number of rotatable bonds is 1. The number of nitrogens with zero attached hydrogens (tertiary/aromatic N) is 2. The summed E-state index contributed by atoms with van der Waals surface area (Å²) < 4.78 is 37.1. The van der Waals surface area contributed by atoms with E-state index in [4.69, 9.17) is 5.11 Å². The maximum Gasteiger partial charge on any atom is 0.433 e. The lowest BCUT2D eigenvalue weighted by Crippen LogP contribution is -2.10. The first-order valence-electron chi connectivity index (χ1n) is 4.04. The number of fused-ring (bicyclic) bond motifs is 1. The van der Waals surface area contributed by atoms with Crippen molar-refractivity contribution in [3.05, 3.63) is 23.5 Å². The summed E-state index contributed by atoms with van der Waals surface area (Å²) in [6.07, 6.45) is -3.57. The molecule has 5 nitrogen and oxygen atoms in total. The number of carboxylic acid groups (broad SMARTS) is 1. The highest BCUT2D eigenvalue weighted by molar-refractivity contribution is 6.01. The largest absolute Gasteiger partial charge is 0.478 e. The van der Waals surface area contributed by atoms with Crippen LogP contribution in [0, 0.1) is 0 Å². The van der Waals surface area contributed by atoms with Gasteiger partial charge in [0.05, 0.1) is 17.1 Å². The molecule has 0 unspecified atom stereocenters. The number of H-pyrrole nitrogens is 1. The number of hydrogen-bond donors (Lipinski definition) is 2. The number of nitrogens with one attached hydrogen (secondary N) is 1. The Kier molecular flexibility index (Phi) is 2.07. The Morgan fingerprint density at radius 1 is 1.44 bits per heavy atom. The minimum Gasteiger partial charge on any atom is -0.478 e. The molecule has 0 aromatic carbocycles. The number of halogens is 3. The van der Waals surface area contributed by atoms with Crippen LogP contribution in [0.3, 0.4) is 0 Å². The third-order valence-electron chi connectivity index (χ3n) is 1.94. The van der Waals surface area contributed by atoms with Gasteiger partial charge in [0.25, 0.3) is 0 Å². The molecule has 2 aromatic rings. The molecule has 0 aliphatic rings. The number of hydrogen-bond acceptors (Lipinski definition) is 3. The summed E-state index contributed by atoms with van der Waals surface area (Å²) >= 11 is 0. The van der Waals surface area contributed by atoms with E-state index < -0.39 is 23.4 Å². The minimum atomic E-state index is -4.69. The zero-order valence-electron chi connectivity index (χ0n) is 7.54. The van der Waals surface area contributed by atoms with Crippen molar-refractivity contribution < 1.29 is 23.1 Å². The predicted octanol–water partition coefficient (Wildman–Crippen LogP) is 1.67. The molecule has 0 aliphatic heterocycles. The average Bonchev–Trinajstić information content (AvgIpc) is 2.61. The molecule has 0 spiro atoms. The van der Waals surface area contributed by atoms with Crippen molar-refractivity contribution in [2.24, 2.45) is 0 Å². The molecule has 0 bridgehead atoms. The Morgan fingerprint density at radius 3 is 2.69 bits per heavy atom.